The second-order valence-corrected chi connectivity index (χ2v) is 4.89. The number of hydrogen-bond acceptors (Lipinski definition) is 3. The van der Waals surface area contributed by atoms with Crippen molar-refractivity contribution in [1.29, 1.82) is 0 Å². The highest BCUT2D eigenvalue weighted by Gasteiger charge is 2.15. The summed E-state index contributed by atoms with van der Waals surface area (Å²) in [5, 5.41) is 2.22. The summed E-state index contributed by atoms with van der Waals surface area (Å²) in [5.74, 6) is 0. The zero-order valence-corrected chi connectivity index (χ0v) is 9.35. The van der Waals surface area contributed by atoms with Crippen LogP contribution in [0, 0.1) is 0 Å². The third-order valence-corrected chi connectivity index (χ3v) is 3.84. The van der Waals surface area contributed by atoms with Crippen LogP contribution < -0.4 is 5.73 Å². The summed E-state index contributed by atoms with van der Waals surface area (Å²) < 4.78 is 0. The molecular weight excluding hydrogens is 192 g/mol. The SMILES string of the molecule is NCCCCN1CCc2sccc2C1. The molecule has 1 aliphatic rings. The molecule has 2 nitrogen and oxygen atoms in total. The quantitative estimate of drug-likeness (QED) is 0.768. The van der Waals surface area contributed by atoms with E-state index in [1.54, 1.807) is 10.4 Å². The maximum atomic E-state index is 5.49. The maximum absolute atomic E-state index is 5.49. The van der Waals surface area contributed by atoms with Crippen molar-refractivity contribution in [3.8, 4) is 0 Å². The van der Waals surface area contributed by atoms with Crippen LogP contribution in [0.25, 0.3) is 0 Å². The first-order chi connectivity index (χ1) is 6.90. The van der Waals surface area contributed by atoms with Gasteiger partial charge in [-0.1, -0.05) is 0 Å². The highest BCUT2D eigenvalue weighted by atomic mass is 32.1. The third kappa shape index (κ3) is 2.35. The van der Waals surface area contributed by atoms with Crippen molar-refractivity contribution in [2.24, 2.45) is 5.73 Å². The van der Waals surface area contributed by atoms with Gasteiger partial charge in [0.1, 0.15) is 0 Å². The van der Waals surface area contributed by atoms with Crippen LogP contribution in [0.3, 0.4) is 0 Å². The zero-order chi connectivity index (χ0) is 9.80. The van der Waals surface area contributed by atoms with Crippen LogP contribution >= 0.6 is 11.3 Å². The molecule has 1 aromatic rings. The highest BCUT2D eigenvalue weighted by molar-refractivity contribution is 7.10. The molecule has 0 radical (unpaired) electrons. The number of unbranched alkanes of at least 4 members (excludes halogenated alkanes) is 1. The lowest BCUT2D eigenvalue weighted by molar-refractivity contribution is 0.251. The molecule has 0 aliphatic carbocycles. The highest BCUT2D eigenvalue weighted by Crippen LogP contribution is 2.23. The predicted molar refractivity (Wildman–Crippen MR) is 61.6 cm³/mol. The molecule has 0 spiro atoms. The number of hydrogen-bond donors (Lipinski definition) is 1. The second-order valence-electron chi connectivity index (χ2n) is 3.89. The van der Waals surface area contributed by atoms with E-state index in [4.69, 9.17) is 5.73 Å². The smallest absolute Gasteiger partial charge is 0.0244 e. The van der Waals surface area contributed by atoms with E-state index in [1.165, 1.54) is 25.9 Å². The van der Waals surface area contributed by atoms with Crippen molar-refractivity contribution in [1.82, 2.24) is 4.90 Å². The van der Waals surface area contributed by atoms with E-state index in [2.05, 4.69) is 16.3 Å². The monoisotopic (exact) mass is 210 g/mol. The van der Waals surface area contributed by atoms with E-state index in [0.717, 1.165) is 19.5 Å². The van der Waals surface area contributed by atoms with Gasteiger partial charge in [0.2, 0.25) is 0 Å². The van der Waals surface area contributed by atoms with Crippen molar-refractivity contribution >= 4 is 11.3 Å². The molecule has 0 bridgehead atoms. The predicted octanol–water partition coefficient (Wildman–Crippen LogP) is 1.85. The Balaban J connectivity index is 1.82. The van der Waals surface area contributed by atoms with E-state index in [0.29, 0.717) is 0 Å². The minimum Gasteiger partial charge on any atom is -0.330 e. The van der Waals surface area contributed by atoms with Gasteiger partial charge in [0, 0.05) is 18.0 Å². The van der Waals surface area contributed by atoms with Gasteiger partial charge < -0.3 is 5.73 Å². The molecule has 14 heavy (non-hydrogen) atoms. The zero-order valence-electron chi connectivity index (χ0n) is 8.54. The molecule has 0 atom stereocenters. The Morgan fingerprint density at radius 3 is 3.21 bits per heavy atom. The van der Waals surface area contributed by atoms with E-state index in [9.17, 15) is 0 Å². The van der Waals surface area contributed by atoms with Crippen LogP contribution in [-0.4, -0.2) is 24.5 Å². The molecule has 2 heterocycles. The molecule has 0 aromatic carbocycles. The molecule has 0 fully saturated rings. The Bertz CT molecular complexity index is 283. The van der Waals surface area contributed by atoms with Crippen LogP contribution in [0.4, 0.5) is 0 Å². The molecule has 1 aliphatic heterocycles. The van der Waals surface area contributed by atoms with Gasteiger partial charge in [0.15, 0.2) is 0 Å². The number of rotatable bonds is 4. The fourth-order valence-electron chi connectivity index (χ4n) is 1.98. The molecule has 1 aromatic heterocycles. The summed E-state index contributed by atoms with van der Waals surface area (Å²) in [5.41, 5.74) is 7.04. The molecule has 2 N–H and O–H groups in total. The average Bonchev–Trinajstić information content (AvgIpc) is 2.65. The number of thiophene rings is 1. The first kappa shape index (κ1) is 10.1. The molecule has 0 unspecified atom stereocenters. The Morgan fingerprint density at radius 1 is 1.43 bits per heavy atom. The van der Waals surface area contributed by atoms with Crippen molar-refractivity contribution in [3.63, 3.8) is 0 Å². The van der Waals surface area contributed by atoms with E-state index in [1.807, 2.05) is 11.3 Å². The number of nitrogens with zero attached hydrogens (tertiary/aromatic N) is 1. The van der Waals surface area contributed by atoms with E-state index in [-0.39, 0.29) is 0 Å². The molecule has 78 valence electrons. The molecule has 2 rings (SSSR count). The van der Waals surface area contributed by atoms with Gasteiger partial charge in [0.25, 0.3) is 0 Å². The first-order valence-corrected chi connectivity index (χ1v) is 6.26. The molecule has 0 saturated carbocycles. The van der Waals surface area contributed by atoms with Crippen molar-refractivity contribution in [2.45, 2.75) is 25.8 Å². The first-order valence-electron chi connectivity index (χ1n) is 5.38. The van der Waals surface area contributed by atoms with Crippen molar-refractivity contribution in [3.05, 3.63) is 21.9 Å². The van der Waals surface area contributed by atoms with Crippen LogP contribution in [0.1, 0.15) is 23.3 Å². The summed E-state index contributed by atoms with van der Waals surface area (Å²) in [4.78, 5) is 4.14. The number of nitrogens with two attached hydrogens (primary N) is 1. The van der Waals surface area contributed by atoms with E-state index < -0.39 is 0 Å². The van der Waals surface area contributed by atoms with Crippen LogP contribution in [0.15, 0.2) is 11.4 Å². The van der Waals surface area contributed by atoms with Crippen LogP contribution in [-0.2, 0) is 13.0 Å². The minimum atomic E-state index is 0.831. The standard InChI is InChI=1S/C11H18N2S/c12-5-1-2-6-13-7-3-11-10(9-13)4-8-14-11/h4,8H,1-3,5-7,9,12H2. The van der Waals surface area contributed by atoms with Gasteiger partial charge in [-0.2, -0.15) is 0 Å². The fraction of sp³-hybridized carbons (Fsp3) is 0.636. The summed E-state index contributed by atoms with van der Waals surface area (Å²) in [7, 11) is 0. The summed E-state index contributed by atoms with van der Waals surface area (Å²) >= 11 is 1.91. The maximum Gasteiger partial charge on any atom is 0.0244 e. The Hall–Kier alpha value is -0.380. The minimum absolute atomic E-state index is 0.831. The topological polar surface area (TPSA) is 29.3 Å². The van der Waals surface area contributed by atoms with Gasteiger partial charge in [0.05, 0.1) is 0 Å². The van der Waals surface area contributed by atoms with Crippen molar-refractivity contribution < 1.29 is 0 Å². The Labute approximate surface area is 89.7 Å². The van der Waals surface area contributed by atoms with Gasteiger partial charge in [-0.05, 0) is 49.4 Å². The second kappa shape index (κ2) is 4.91. The molecule has 3 heteroatoms. The lowest BCUT2D eigenvalue weighted by Gasteiger charge is -2.26. The normalized spacial score (nSPS) is 16.9. The average molecular weight is 210 g/mol. The summed E-state index contributed by atoms with van der Waals surface area (Å²) in [6.07, 6.45) is 3.65. The Morgan fingerprint density at radius 2 is 2.36 bits per heavy atom. The van der Waals surface area contributed by atoms with Gasteiger partial charge in [-0.25, -0.2) is 0 Å². The lowest BCUT2D eigenvalue weighted by atomic mass is 10.1. The molecular formula is C11H18N2S. The van der Waals surface area contributed by atoms with Crippen LogP contribution in [0.5, 0.6) is 0 Å². The van der Waals surface area contributed by atoms with E-state index >= 15 is 0 Å². The summed E-state index contributed by atoms with van der Waals surface area (Å²) in [6, 6.07) is 2.27. The van der Waals surface area contributed by atoms with Gasteiger partial charge in [-0.3, -0.25) is 4.90 Å². The largest absolute Gasteiger partial charge is 0.330 e. The molecule has 0 saturated heterocycles. The van der Waals surface area contributed by atoms with Gasteiger partial charge >= 0.3 is 0 Å². The Kier molecular flexibility index (Phi) is 3.56. The third-order valence-electron chi connectivity index (χ3n) is 2.82. The van der Waals surface area contributed by atoms with Gasteiger partial charge in [-0.15, -0.1) is 11.3 Å². The summed E-state index contributed by atoms with van der Waals surface area (Å²) in [6.45, 7) is 4.44. The fourth-order valence-corrected chi connectivity index (χ4v) is 2.87. The lowest BCUT2D eigenvalue weighted by Crippen LogP contribution is -2.30. The van der Waals surface area contributed by atoms with Crippen LogP contribution in [0.2, 0.25) is 0 Å². The van der Waals surface area contributed by atoms with Crippen molar-refractivity contribution in [2.75, 3.05) is 19.6 Å². The molecule has 0 amide bonds. The number of fused-ring (bicyclic) bond motifs is 1.